The Morgan fingerprint density at radius 1 is 1.64 bits per heavy atom. The normalized spacial score (nSPS) is 21.6. The fourth-order valence-corrected chi connectivity index (χ4v) is 1.92. The quantitative estimate of drug-likeness (QED) is 0.719. The minimum atomic E-state index is -1.33. The van der Waals surface area contributed by atoms with Crippen LogP contribution in [0.2, 0.25) is 0 Å². The van der Waals surface area contributed by atoms with Crippen molar-refractivity contribution in [1.29, 1.82) is 0 Å². The van der Waals surface area contributed by atoms with Gasteiger partial charge in [0.1, 0.15) is 0 Å². The molecule has 2 N–H and O–H groups in total. The Morgan fingerprint density at radius 2 is 2.43 bits per heavy atom. The SMILES string of the molecule is O=C(O)C(O)C1CCc2cccnc21. The fraction of sp³-hybridized carbons (Fsp3) is 0.400. The maximum Gasteiger partial charge on any atom is 0.333 e. The molecule has 2 unspecified atom stereocenters. The number of aromatic nitrogens is 1. The third kappa shape index (κ3) is 1.37. The summed E-state index contributed by atoms with van der Waals surface area (Å²) in [5, 5.41) is 18.1. The highest BCUT2D eigenvalue weighted by atomic mass is 16.4. The van der Waals surface area contributed by atoms with Gasteiger partial charge in [0, 0.05) is 17.8 Å². The third-order valence-corrected chi connectivity index (χ3v) is 2.64. The molecule has 0 amide bonds. The number of carboxylic acids is 1. The van der Waals surface area contributed by atoms with Crippen molar-refractivity contribution in [3.8, 4) is 0 Å². The maximum atomic E-state index is 10.6. The van der Waals surface area contributed by atoms with Crippen LogP contribution >= 0.6 is 0 Å². The van der Waals surface area contributed by atoms with Crippen LogP contribution in [0.25, 0.3) is 0 Å². The highest BCUT2D eigenvalue weighted by Crippen LogP contribution is 2.33. The number of aliphatic carboxylic acids is 1. The minimum absolute atomic E-state index is 0.344. The third-order valence-electron chi connectivity index (χ3n) is 2.64. The zero-order chi connectivity index (χ0) is 10.1. The van der Waals surface area contributed by atoms with Crippen LogP contribution < -0.4 is 0 Å². The van der Waals surface area contributed by atoms with Crippen molar-refractivity contribution >= 4 is 5.97 Å². The molecule has 1 heterocycles. The van der Waals surface area contributed by atoms with Crippen LogP contribution in [0.1, 0.15) is 23.6 Å². The second-order valence-corrected chi connectivity index (χ2v) is 3.48. The summed E-state index contributed by atoms with van der Waals surface area (Å²) in [6.45, 7) is 0. The van der Waals surface area contributed by atoms with Crippen molar-refractivity contribution < 1.29 is 15.0 Å². The average molecular weight is 193 g/mol. The molecule has 4 heteroatoms. The zero-order valence-electron chi connectivity index (χ0n) is 7.55. The number of aryl methyl sites for hydroxylation is 1. The van der Waals surface area contributed by atoms with Gasteiger partial charge in [-0.15, -0.1) is 0 Å². The van der Waals surface area contributed by atoms with Gasteiger partial charge >= 0.3 is 5.97 Å². The number of hydrogen-bond donors (Lipinski definition) is 2. The van der Waals surface area contributed by atoms with Crippen molar-refractivity contribution in [2.24, 2.45) is 0 Å². The second kappa shape index (κ2) is 3.38. The molecule has 0 bridgehead atoms. The van der Waals surface area contributed by atoms with E-state index in [1.165, 1.54) is 0 Å². The predicted octanol–water partition coefficient (Wildman–Crippen LogP) is 0.557. The molecule has 14 heavy (non-hydrogen) atoms. The average Bonchev–Trinajstić information content (AvgIpc) is 2.60. The number of nitrogens with zero attached hydrogens (tertiary/aromatic N) is 1. The molecular formula is C10H11NO3. The number of pyridine rings is 1. The Hall–Kier alpha value is -1.42. The molecule has 74 valence electrons. The Morgan fingerprint density at radius 3 is 3.14 bits per heavy atom. The molecule has 1 aromatic rings. The van der Waals surface area contributed by atoms with Crippen LogP contribution in [-0.2, 0) is 11.2 Å². The molecule has 1 aliphatic carbocycles. The van der Waals surface area contributed by atoms with Crippen molar-refractivity contribution in [3.63, 3.8) is 0 Å². The lowest BCUT2D eigenvalue weighted by Crippen LogP contribution is -2.26. The monoisotopic (exact) mass is 193 g/mol. The first-order chi connectivity index (χ1) is 6.70. The van der Waals surface area contributed by atoms with Gasteiger partial charge in [0.25, 0.3) is 0 Å². The van der Waals surface area contributed by atoms with Crippen LogP contribution in [0.15, 0.2) is 18.3 Å². The van der Waals surface area contributed by atoms with Gasteiger partial charge in [-0.1, -0.05) is 6.07 Å². The Balaban J connectivity index is 2.30. The lowest BCUT2D eigenvalue weighted by Gasteiger charge is -2.13. The smallest absolute Gasteiger partial charge is 0.333 e. The van der Waals surface area contributed by atoms with E-state index in [4.69, 9.17) is 5.11 Å². The first-order valence-corrected chi connectivity index (χ1v) is 4.55. The number of hydrogen-bond acceptors (Lipinski definition) is 3. The van der Waals surface area contributed by atoms with E-state index in [0.717, 1.165) is 17.7 Å². The van der Waals surface area contributed by atoms with Crippen LogP contribution in [0.3, 0.4) is 0 Å². The summed E-state index contributed by atoms with van der Waals surface area (Å²) < 4.78 is 0. The lowest BCUT2D eigenvalue weighted by atomic mass is 10.00. The van der Waals surface area contributed by atoms with E-state index >= 15 is 0 Å². The maximum absolute atomic E-state index is 10.6. The van der Waals surface area contributed by atoms with Crippen LogP contribution in [0.4, 0.5) is 0 Å². The van der Waals surface area contributed by atoms with Gasteiger partial charge in [-0.2, -0.15) is 0 Å². The molecule has 0 radical (unpaired) electrons. The van der Waals surface area contributed by atoms with Crippen LogP contribution in [0.5, 0.6) is 0 Å². The number of aliphatic hydroxyl groups is 1. The lowest BCUT2D eigenvalue weighted by molar-refractivity contribution is -0.147. The first-order valence-electron chi connectivity index (χ1n) is 4.55. The summed E-state index contributed by atoms with van der Waals surface area (Å²) >= 11 is 0. The van der Waals surface area contributed by atoms with E-state index in [9.17, 15) is 9.90 Å². The van der Waals surface area contributed by atoms with Crippen molar-refractivity contribution in [2.75, 3.05) is 0 Å². The Bertz CT molecular complexity index is 364. The van der Waals surface area contributed by atoms with Gasteiger partial charge in [0.05, 0.1) is 0 Å². The highest BCUT2D eigenvalue weighted by molar-refractivity contribution is 5.73. The van der Waals surface area contributed by atoms with Crippen molar-refractivity contribution in [2.45, 2.75) is 24.9 Å². The van der Waals surface area contributed by atoms with E-state index in [2.05, 4.69) is 4.98 Å². The number of carbonyl (C=O) groups is 1. The molecule has 2 atom stereocenters. The molecule has 1 aliphatic rings. The van der Waals surface area contributed by atoms with Gasteiger partial charge < -0.3 is 10.2 Å². The zero-order valence-corrected chi connectivity index (χ0v) is 7.55. The summed E-state index contributed by atoms with van der Waals surface area (Å²) in [6.07, 6.45) is 1.77. The van der Waals surface area contributed by atoms with E-state index in [0.29, 0.717) is 6.42 Å². The summed E-state index contributed by atoms with van der Waals surface area (Å²) in [7, 11) is 0. The number of aliphatic hydroxyl groups excluding tert-OH is 1. The van der Waals surface area contributed by atoms with Crippen LogP contribution in [0, 0.1) is 0 Å². The molecule has 4 nitrogen and oxygen atoms in total. The first kappa shape index (κ1) is 9.15. The molecule has 0 aliphatic heterocycles. The van der Waals surface area contributed by atoms with E-state index < -0.39 is 12.1 Å². The molecular weight excluding hydrogens is 182 g/mol. The molecule has 0 fully saturated rings. The molecule has 1 aromatic heterocycles. The second-order valence-electron chi connectivity index (χ2n) is 3.48. The summed E-state index contributed by atoms with van der Waals surface area (Å²) in [5.74, 6) is -1.52. The van der Waals surface area contributed by atoms with Gasteiger partial charge in [0.15, 0.2) is 6.10 Å². The molecule has 0 saturated heterocycles. The van der Waals surface area contributed by atoms with Crippen molar-refractivity contribution in [3.05, 3.63) is 29.6 Å². The highest BCUT2D eigenvalue weighted by Gasteiger charge is 2.33. The molecule has 0 saturated carbocycles. The Kier molecular flexibility index (Phi) is 2.21. The standard InChI is InChI=1S/C10H11NO3/c12-9(10(13)14)7-4-3-6-2-1-5-11-8(6)7/h1-2,5,7,9,12H,3-4H2,(H,13,14). The van der Waals surface area contributed by atoms with Gasteiger partial charge in [-0.3, -0.25) is 4.98 Å². The van der Waals surface area contributed by atoms with E-state index in [1.54, 1.807) is 6.20 Å². The largest absolute Gasteiger partial charge is 0.479 e. The number of rotatable bonds is 2. The predicted molar refractivity (Wildman–Crippen MR) is 48.9 cm³/mol. The van der Waals surface area contributed by atoms with Crippen molar-refractivity contribution in [1.82, 2.24) is 4.98 Å². The van der Waals surface area contributed by atoms with E-state index in [-0.39, 0.29) is 5.92 Å². The van der Waals surface area contributed by atoms with Crippen LogP contribution in [-0.4, -0.2) is 27.3 Å². The minimum Gasteiger partial charge on any atom is -0.479 e. The topological polar surface area (TPSA) is 70.4 Å². The number of carboxylic acid groups (broad SMARTS) is 1. The molecule has 0 spiro atoms. The van der Waals surface area contributed by atoms with E-state index in [1.807, 2.05) is 12.1 Å². The Labute approximate surface area is 81.2 Å². The molecule has 0 aromatic carbocycles. The molecule has 2 rings (SSSR count). The van der Waals surface area contributed by atoms with Gasteiger partial charge in [-0.05, 0) is 24.5 Å². The number of fused-ring (bicyclic) bond motifs is 1. The summed E-state index contributed by atoms with van der Waals surface area (Å²) in [4.78, 5) is 14.7. The van der Waals surface area contributed by atoms with Gasteiger partial charge in [0.2, 0.25) is 0 Å². The fourth-order valence-electron chi connectivity index (χ4n) is 1.92. The summed E-state index contributed by atoms with van der Waals surface area (Å²) in [5.41, 5.74) is 1.79. The summed E-state index contributed by atoms with van der Waals surface area (Å²) in [6, 6.07) is 3.76. The van der Waals surface area contributed by atoms with Gasteiger partial charge in [-0.25, -0.2) is 4.79 Å².